The molecular formula is C16H18O2. The molecule has 2 rings (SSSR count). The van der Waals surface area contributed by atoms with Gasteiger partial charge in [-0.05, 0) is 47.2 Å². The van der Waals surface area contributed by atoms with Gasteiger partial charge < -0.3 is 10.2 Å². The quantitative estimate of drug-likeness (QED) is 0.868. The topological polar surface area (TPSA) is 40.5 Å². The standard InChI is InChI=1S/C16H18O2/c1-11-12(2)16(8-7-15(11)10-18)14-5-3-13(9-17)4-6-14/h3-8,17-18H,9-10H2,1-2H3. The van der Waals surface area contributed by atoms with Crippen molar-refractivity contribution in [2.45, 2.75) is 27.1 Å². The van der Waals surface area contributed by atoms with Gasteiger partial charge in [-0.25, -0.2) is 0 Å². The van der Waals surface area contributed by atoms with E-state index in [9.17, 15) is 5.11 Å². The molecule has 0 aliphatic rings. The van der Waals surface area contributed by atoms with Crippen LogP contribution in [0.1, 0.15) is 22.3 Å². The number of aliphatic hydroxyl groups is 2. The predicted molar refractivity (Wildman–Crippen MR) is 73.2 cm³/mol. The average Bonchev–Trinajstić information content (AvgIpc) is 2.42. The number of hydrogen-bond donors (Lipinski definition) is 2. The summed E-state index contributed by atoms with van der Waals surface area (Å²) in [6.45, 7) is 4.26. The molecule has 2 aromatic rings. The van der Waals surface area contributed by atoms with Gasteiger partial charge in [0, 0.05) is 0 Å². The molecule has 0 saturated heterocycles. The van der Waals surface area contributed by atoms with Gasteiger partial charge in [-0.1, -0.05) is 36.4 Å². The third kappa shape index (κ3) is 2.30. The molecule has 2 aromatic carbocycles. The second-order valence-corrected chi connectivity index (χ2v) is 4.54. The molecule has 18 heavy (non-hydrogen) atoms. The molecule has 0 aromatic heterocycles. The van der Waals surface area contributed by atoms with Crippen LogP contribution in [0.3, 0.4) is 0 Å². The maximum Gasteiger partial charge on any atom is 0.0684 e. The third-order valence-corrected chi connectivity index (χ3v) is 3.52. The molecular weight excluding hydrogens is 224 g/mol. The largest absolute Gasteiger partial charge is 0.392 e. The molecule has 0 radical (unpaired) electrons. The fraction of sp³-hybridized carbons (Fsp3) is 0.250. The van der Waals surface area contributed by atoms with Crippen LogP contribution in [-0.2, 0) is 13.2 Å². The van der Waals surface area contributed by atoms with E-state index in [1.165, 1.54) is 11.1 Å². The van der Waals surface area contributed by atoms with E-state index in [1.807, 2.05) is 43.3 Å². The van der Waals surface area contributed by atoms with E-state index in [-0.39, 0.29) is 13.2 Å². The SMILES string of the molecule is Cc1c(CO)ccc(-c2ccc(CO)cc2)c1C. The van der Waals surface area contributed by atoms with Crippen LogP contribution in [0, 0.1) is 13.8 Å². The summed E-state index contributed by atoms with van der Waals surface area (Å²) in [4.78, 5) is 0. The molecule has 2 nitrogen and oxygen atoms in total. The highest BCUT2D eigenvalue weighted by molar-refractivity contribution is 5.69. The fourth-order valence-corrected chi connectivity index (χ4v) is 2.15. The van der Waals surface area contributed by atoms with Gasteiger partial charge in [0.15, 0.2) is 0 Å². The second kappa shape index (κ2) is 5.34. The molecule has 0 amide bonds. The molecule has 2 heteroatoms. The van der Waals surface area contributed by atoms with Crippen molar-refractivity contribution in [2.24, 2.45) is 0 Å². The fourth-order valence-electron chi connectivity index (χ4n) is 2.15. The molecule has 0 fully saturated rings. The Hall–Kier alpha value is -1.64. The van der Waals surface area contributed by atoms with E-state index in [0.29, 0.717) is 0 Å². The van der Waals surface area contributed by atoms with Crippen molar-refractivity contribution in [3.05, 3.63) is 58.7 Å². The Kier molecular flexibility index (Phi) is 3.80. The molecule has 0 aliphatic heterocycles. The minimum atomic E-state index is 0.0712. The Balaban J connectivity index is 2.47. The van der Waals surface area contributed by atoms with Gasteiger partial charge in [0.25, 0.3) is 0 Å². The Morgan fingerprint density at radius 1 is 0.778 bits per heavy atom. The third-order valence-electron chi connectivity index (χ3n) is 3.52. The minimum Gasteiger partial charge on any atom is -0.392 e. The zero-order valence-electron chi connectivity index (χ0n) is 10.8. The lowest BCUT2D eigenvalue weighted by atomic mass is 9.93. The van der Waals surface area contributed by atoms with Crippen molar-refractivity contribution in [3.63, 3.8) is 0 Å². The lowest BCUT2D eigenvalue weighted by Crippen LogP contribution is -1.95. The molecule has 0 atom stereocenters. The van der Waals surface area contributed by atoms with Crippen LogP contribution < -0.4 is 0 Å². The highest BCUT2D eigenvalue weighted by Crippen LogP contribution is 2.27. The first-order chi connectivity index (χ1) is 8.67. The predicted octanol–water partition coefficient (Wildman–Crippen LogP) is 2.96. The summed E-state index contributed by atoms with van der Waals surface area (Å²) in [5.74, 6) is 0. The van der Waals surface area contributed by atoms with E-state index in [1.54, 1.807) is 0 Å². The Morgan fingerprint density at radius 2 is 1.44 bits per heavy atom. The molecule has 94 valence electrons. The summed E-state index contributed by atoms with van der Waals surface area (Å²) in [5.41, 5.74) is 6.54. The summed E-state index contributed by atoms with van der Waals surface area (Å²) < 4.78 is 0. The van der Waals surface area contributed by atoms with Crippen molar-refractivity contribution < 1.29 is 10.2 Å². The van der Waals surface area contributed by atoms with Crippen LogP contribution >= 0.6 is 0 Å². The van der Waals surface area contributed by atoms with E-state index in [0.717, 1.165) is 22.3 Å². The van der Waals surface area contributed by atoms with Crippen LogP contribution in [0.2, 0.25) is 0 Å². The lowest BCUT2D eigenvalue weighted by Gasteiger charge is -2.12. The number of benzene rings is 2. The smallest absolute Gasteiger partial charge is 0.0684 e. The Bertz CT molecular complexity index is 542. The summed E-state index contributed by atoms with van der Waals surface area (Å²) in [6.07, 6.45) is 0. The first kappa shape index (κ1) is 12.8. The molecule has 0 spiro atoms. The van der Waals surface area contributed by atoms with Crippen molar-refractivity contribution in [1.82, 2.24) is 0 Å². The zero-order valence-corrected chi connectivity index (χ0v) is 10.8. The molecule has 0 bridgehead atoms. The first-order valence-electron chi connectivity index (χ1n) is 6.07. The molecule has 0 saturated carbocycles. The Labute approximate surface area is 108 Å². The second-order valence-electron chi connectivity index (χ2n) is 4.54. The zero-order chi connectivity index (χ0) is 13.1. The van der Waals surface area contributed by atoms with Gasteiger partial charge in [-0.3, -0.25) is 0 Å². The molecule has 0 heterocycles. The van der Waals surface area contributed by atoms with Gasteiger partial charge >= 0.3 is 0 Å². The van der Waals surface area contributed by atoms with Crippen LogP contribution in [0.15, 0.2) is 36.4 Å². The van der Waals surface area contributed by atoms with Crippen molar-refractivity contribution in [3.8, 4) is 11.1 Å². The summed E-state index contributed by atoms with van der Waals surface area (Å²) >= 11 is 0. The lowest BCUT2D eigenvalue weighted by molar-refractivity contribution is 0.281. The van der Waals surface area contributed by atoms with Gasteiger partial charge in [-0.15, -0.1) is 0 Å². The number of rotatable bonds is 3. The maximum absolute atomic E-state index is 9.24. The molecule has 0 unspecified atom stereocenters. The normalized spacial score (nSPS) is 10.7. The minimum absolute atomic E-state index is 0.0712. The van der Waals surface area contributed by atoms with E-state index in [2.05, 4.69) is 6.92 Å². The average molecular weight is 242 g/mol. The van der Waals surface area contributed by atoms with Gasteiger partial charge in [0.05, 0.1) is 13.2 Å². The maximum atomic E-state index is 9.24. The number of hydrogen-bond acceptors (Lipinski definition) is 2. The van der Waals surface area contributed by atoms with Gasteiger partial charge in [-0.2, -0.15) is 0 Å². The molecule has 0 aliphatic carbocycles. The van der Waals surface area contributed by atoms with Crippen molar-refractivity contribution in [1.29, 1.82) is 0 Å². The monoisotopic (exact) mass is 242 g/mol. The van der Waals surface area contributed by atoms with E-state index in [4.69, 9.17) is 5.11 Å². The summed E-state index contributed by atoms with van der Waals surface area (Å²) in [5, 5.41) is 18.3. The van der Waals surface area contributed by atoms with E-state index < -0.39 is 0 Å². The van der Waals surface area contributed by atoms with Crippen LogP contribution in [0.5, 0.6) is 0 Å². The van der Waals surface area contributed by atoms with Gasteiger partial charge in [0.1, 0.15) is 0 Å². The highest BCUT2D eigenvalue weighted by Gasteiger charge is 2.07. The molecule has 2 N–H and O–H groups in total. The summed E-state index contributed by atoms with van der Waals surface area (Å²) in [7, 11) is 0. The number of aliphatic hydroxyl groups excluding tert-OH is 2. The first-order valence-corrected chi connectivity index (χ1v) is 6.07. The highest BCUT2D eigenvalue weighted by atomic mass is 16.3. The van der Waals surface area contributed by atoms with Crippen LogP contribution in [0.25, 0.3) is 11.1 Å². The van der Waals surface area contributed by atoms with Crippen LogP contribution in [-0.4, -0.2) is 10.2 Å². The van der Waals surface area contributed by atoms with Gasteiger partial charge in [0.2, 0.25) is 0 Å². The van der Waals surface area contributed by atoms with Crippen LogP contribution in [0.4, 0.5) is 0 Å². The summed E-state index contributed by atoms with van der Waals surface area (Å²) in [6, 6.07) is 11.9. The van der Waals surface area contributed by atoms with E-state index >= 15 is 0 Å². The van der Waals surface area contributed by atoms with Crippen molar-refractivity contribution in [2.75, 3.05) is 0 Å². The van der Waals surface area contributed by atoms with Crippen molar-refractivity contribution >= 4 is 0 Å². The Morgan fingerprint density at radius 3 is 2.00 bits per heavy atom.